The van der Waals surface area contributed by atoms with E-state index in [9.17, 15) is 4.79 Å². The Balaban J connectivity index is 2.88. The number of hydrogen-bond donors (Lipinski definition) is 1. The molecule has 20 heavy (non-hydrogen) atoms. The lowest BCUT2D eigenvalue weighted by Crippen LogP contribution is -2.39. The van der Waals surface area contributed by atoms with Crippen molar-refractivity contribution in [3.05, 3.63) is 29.8 Å². The molecule has 0 aliphatic heterocycles. The average Bonchev–Trinajstić information content (AvgIpc) is 2.40. The molecule has 1 N–H and O–H groups in total. The van der Waals surface area contributed by atoms with Crippen LogP contribution in [0, 0.1) is 6.92 Å². The van der Waals surface area contributed by atoms with Crippen LogP contribution in [0.3, 0.4) is 0 Å². The molecule has 112 valence electrons. The topological polar surface area (TPSA) is 47.6 Å². The zero-order chi connectivity index (χ0) is 15.2. The molecule has 0 bridgehead atoms. The van der Waals surface area contributed by atoms with Gasteiger partial charge in [0.05, 0.1) is 12.2 Å². The van der Waals surface area contributed by atoms with E-state index >= 15 is 0 Å². The Hall–Kier alpha value is -1.55. The Morgan fingerprint density at radius 2 is 2.00 bits per heavy atom. The predicted octanol–water partition coefficient (Wildman–Crippen LogP) is 3.15. The molecule has 0 heterocycles. The summed E-state index contributed by atoms with van der Waals surface area (Å²) in [5.41, 5.74) is 1.64. The van der Waals surface area contributed by atoms with E-state index in [1.807, 2.05) is 52.0 Å². The minimum atomic E-state index is -0.425. The molecule has 0 aliphatic rings. The number of aryl methyl sites for hydroxylation is 1. The quantitative estimate of drug-likeness (QED) is 0.779. The van der Waals surface area contributed by atoms with Gasteiger partial charge < -0.3 is 14.8 Å². The van der Waals surface area contributed by atoms with Crippen LogP contribution < -0.4 is 5.32 Å². The van der Waals surface area contributed by atoms with Crippen molar-refractivity contribution >= 4 is 11.7 Å². The highest BCUT2D eigenvalue weighted by molar-refractivity contribution is 5.79. The normalized spacial score (nSPS) is 12.8. The molecule has 0 saturated heterocycles. The number of ether oxygens (including phenoxy) is 2. The zero-order valence-electron chi connectivity index (χ0n) is 13.0. The molecule has 0 fully saturated rings. The molecule has 1 atom stereocenters. The van der Waals surface area contributed by atoms with E-state index < -0.39 is 11.6 Å². The van der Waals surface area contributed by atoms with Crippen molar-refractivity contribution in [3.63, 3.8) is 0 Å². The van der Waals surface area contributed by atoms with Crippen molar-refractivity contribution < 1.29 is 14.3 Å². The Labute approximate surface area is 121 Å². The number of esters is 1. The molecule has 4 heteroatoms. The Kier molecular flexibility index (Phi) is 6.02. The van der Waals surface area contributed by atoms with E-state index in [2.05, 4.69) is 5.32 Å². The fourth-order valence-corrected chi connectivity index (χ4v) is 1.93. The van der Waals surface area contributed by atoms with E-state index in [-0.39, 0.29) is 5.97 Å². The lowest BCUT2D eigenvalue weighted by Gasteiger charge is -2.28. The van der Waals surface area contributed by atoms with Gasteiger partial charge in [-0.15, -0.1) is 0 Å². The summed E-state index contributed by atoms with van der Waals surface area (Å²) in [6, 6.07) is 7.46. The van der Waals surface area contributed by atoms with E-state index in [0.29, 0.717) is 13.0 Å². The van der Waals surface area contributed by atoms with Crippen LogP contribution in [0.25, 0.3) is 0 Å². The number of hydrogen-bond acceptors (Lipinski definition) is 4. The maximum atomic E-state index is 12.1. The van der Waals surface area contributed by atoms with Gasteiger partial charge in [0.15, 0.2) is 0 Å². The molecular weight excluding hydrogens is 254 g/mol. The van der Waals surface area contributed by atoms with Crippen molar-refractivity contribution in [2.75, 3.05) is 19.0 Å². The second-order valence-corrected chi connectivity index (χ2v) is 5.43. The Bertz CT molecular complexity index is 443. The lowest BCUT2D eigenvalue weighted by molar-refractivity contribution is -0.145. The predicted molar refractivity (Wildman–Crippen MR) is 80.9 cm³/mol. The number of anilines is 1. The minimum absolute atomic E-state index is 0.249. The van der Waals surface area contributed by atoms with Crippen LogP contribution in [0.4, 0.5) is 5.69 Å². The van der Waals surface area contributed by atoms with Gasteiger partial charge in [0.2, 0.25) is 0 Å². The minimum Gasteiger partial charge on any atom is -0.464 e. The summed E-state index contributed by atoms with van der Waals surface area (Å²) in [6.45, 7) is 8.10. The number of para-hydroxylation sites is 1. The maximum Gasteiger partial charge on any atom is 0.328 e. The highest BCUT2D eigenvalue weighted by atomic mass is 16.5. The monoisotopic (exact) mass is 279 g/mol. The third kappa shape index (κ3) is 4.85. The first-order chi connectivity index (χ1) is 9.39. The summed E-state index contributed by atoms with van der Waals surface area (Å²) in [5.74, 6) is -0.249. The highest BCUT2D eigenvalue weighted by Gasteiger charge is 2.29. The van der Waals surface area contributed by atoms with Crippen LogP contribution in [-0.4, -0.2) is 31.3 Å². The van der Waals surface area contributed by atoms with Gasteiger partial charge in [0.25, 0.3) is 0 Å². The van der Waals surface area contributed by atoms with E-state index in [4.69, 9.17) is 9.47 Å². The van der Waals surface area contributed by atoms with Gasteiger partial charge in [0.1, 0.15) is 6.04 Å². The second-order valence-electron chi connectivity index (χ2n) is 5.43. The maximum absolute atomic E-state index is 12.1. The van der Waals surface area contributed by atoms with Crippen molar-refractivity contribution in [1.29, 1.82) is 0 Å². The smallest absolute Gasteiger partial charge is 0.328 e. The molecule has 4 nitrogen and oxygen atoms in total. The molecule has 1 aromatic carbocycles. The number of carbonyl (C=O) groups is 1. The first-order valence-electron chi connectivity index (χ1n) is 6.93. The van der Waals surface area contributed by atoms with E-state index in [0.717, 1.165) is 11.3 Å². The van der Waals surface area contributed by atoms with Crippen LogP contribution in [0.2, 0.25) is 0 Å². The lowest BCUT2D eigenvalue weighted by atomic mass is 9.98. The van der Waals surface area contributed by atoms with Gasteiger partial charge in [-0.2, -0.15) is 0 Å². The second kappa shape index (κ2) is 7.29. The number of nitrogens with one attached hydrogen (secondary N) is 1. The highest BCUT2D eigenvalue weighted by Crippen LogP contribution is 2.21. The molecule has 0 saturated carbocycles. The van der Waals surface area contributed by atoms with Crippen molar-refractivity contribution in [1.82, 2.24) is 0 Å². The number of benzene rings is 1. The number of rotatable bonds is 7. The largest absolute Gasteiger partial charge is 0.464 e. The summed E-state index contributed by atoms with van der Waals surface area (Å²) >= 11 is 0. The van der Waals surface area contributed by atoms with Crippen LogP contribution in [0.15, 0.2) is 24.3 Å². The molecule has 0 amide bonds. The fraction of sp³-hybridized carbons (Fsp3) is 0.562. The van der Waals surface area contributed by atoms with Crippen LogP contribution in [-0.2, 0) is 14.3 Å². The van der Waals surface area contributed by atoms with Crippen molar-refractivity contribution in [2.24, 2.45) is 0 Å². The van der Waals surface area contributed by atoms with Crippen LogP contribution in [0.5, 0.6) is 0 Å². The number of carbonyl (C=O) groups excluding carboxylic acids is 1. The Morgan fingerprint density at radius 1 is 1.35 bits per heavy atom. The zero-order valence-corrected chi connectivity index (χ0v) is 13.0. The van der Waals surface area contributed by atoms with Gasteiger partial charge in [-0.25, -0.2) is 4.79 Å². The van der Waals surface area contributed by atoms with Crippen molar-refractivity contribution in [3.8, 4) is 0 Å². The molecule has 0 spiro atoms. The average molecular weight is 279 g/mol. The van der Waals surface area contributed by atoms with Gasteiger partial charge in [-0.1, -0.05) is 18.2 Å². The summed E-state index contributed by atoms with van der Waals surface area (Å²) in [6.07, 6.45) is 0.538. The molecule has 0 radical (unpaired) electrons. The molecular formula is C16H25NO3. The summed E-state index contributed by atoms with van der Waals surface area (Å²) < 4.78 is 10.6. The standard InChI is InChI=1S/C16H25NO3/c1-6-20-15(18)14(11-16(3,4)19-5)17-13-10-8-7-9-12(13)2/h7-10,14,17H,6,11H2,1-5H3. The van der Waals surface area contributed by atoms with Crippen molar-refractivity contribution in [2.45, 2.75) is 45.8 Å². The molecule has 0 aliphatic carbocycles. The first-order valence-corrected chi connectivity index (χ1v) is 6.93. The molecule has 0 aromatic heterocycles. The van der Waals surface area contributed by atoms with Gasteiger partial charge >= 0.3 is 5.97 Å². The Morgan fingerprint density at radius 3 is 2.55 bits per heavy atom. The molecule has 1 rings (SSSR count). The summed E-state index contributed by atoms with van der Waals surface area (Å²) in [4.78, 5) is 12.1. The number of methoxy groups -OCH3 is 1. The third-order valence-corrected chi connectivity index (χ3v) is 3.29. The molecule has 1 unspecified atom stereocenters. The SMILES string of the molecule is CCOC(=O)C(CC(C)(C)OC)Nc1ccccc1C. The van der Waals surface area contributed by atoms with Gasteiger partial charge in [0, 0.05) is 19.2 Å². The van der Waals surface area contributed by atoms with Crippen LogP contribution in [0.1, 0.15) is 32.8 Å². The van der Waals surface area contributed by atoms with Crippen LogP contribution >= 0.6 is 0 Å². The van der Waals surface area contributed by atoms with E-state index in [1.165, 1.54) is 0 Å². The molecule has 1 aromatic rings. The first kappa shape index (κ1) is 16.5. The fourth-order valence-electron chi connectivity index (χ4n) is 1.93. The summed E-state index contributed by atoms with van der Waals surface area (Å²) in [7, 11) is 1.65. The summed E-state index contributed by atoms with van der Waals surface area (Å²) in [5, 5.41) is 3.27. The van der Waals surface area contributed by atoms with E-state index in [1.54, 1.807) is 7.11 Å². The third-order valence-electron chi connectivity index (χ3n) is 3.29. The van der Waals surface area contributed by atoms with Gasteiger partial charge in [-0.3, -0.25) is 0 Å². The van der Waals surface area contributed by atoms with Gasteiger partial charge in [-0.05, 0) is 39.3 Å².